The number of nitrogens with one attached hydrogen (secondary N) is 1. The molecule has 3 nitrogen and oxygen atoms in total. The van der Waals surface area contributed by atoms with Crippen molar-refractivity contribution in [1.29, 1.82) is 0 Å². The highest BCUT2D eigenvalue weighted by Gasteiger charge is 2.30. The molecule has 1 aliphatic rings. The Labute approximate surface area is 137 Å². The smallest absolute Gasteiger partial charge is 0.317 e. The van der Waals surface area contributed by atoms with E-state index in [2.05, 4.69) is 21.2 Å². The zero-order valence-electron chi connectivity index (χ0n) is 11.9. The van der Waals surface area contributed by atoms with Crippen molar-refractivity contribution in [3.05, 3.63) is 64.4 Å². The first kappa shape index (κ1) is 15.0. The molecule has 2 aromatic carbocycles. The lowest BCUT2D eigenvalue weighted by Gasteiger charge is -2.25. The van der Waals surface area contributed by atoms with Crippen molar-refractivity contribution in [3.8, 4) is 0 Å². The average molecular weight is 363 g/mol. The summed E-state index contributed by atoms with van der Waals surface area (Å²) in [4.78, 5) is 14.3. The van der Waals surface area contributed by atoms with E-state index in [4.69, 9.17) is 0 Å². The Hall–Kier alpha value is -1.88. The lowest BCUT2D eigenvalue weighted by atomic mass is 10.0. The van der Waals surface area contributed by atoms with Gasteiger partial charge in [-0.2, -0.15) is 0 Å². The van der Waals surface area contributed by atoms with E-state index in [1.165, 1.54) is 12.1 Å². The molecule has 2 aromatic rings. The summed E-state index contributed by atoms with van der Waals surface area (Å²) in [6, 6.07) is 13.7. The average Bonchev–Trinajstić information content (AvgIpc) is 2.99. The maximum absolute atomic E-state index is 13.4. The fourth-order valence-corrected chi connectivity index (χ4v) is 3.06. The van der Waals surface area contributed by atoms with Crippen molar-refractivity contribution in [1.82, 2.24) is 4.90 Å². The fourth-order valence-electron chi connectivity index (χ4n) is 2.80. The lowest BCUT2D eigenvalue weighted by molar-refractivity contribution is 0.207. The summed E-state index contributed by atoms with van der Waals surface area (Å²) in [5, 5.41) is 2.90. The Kier molecular flexibility index (Phi) is 4.43. The van der Waals surface area contributed by atoms with Crippen LogP contribution in [0.4, 0.5) is 14.9 Å². The minimum atomic E-state index is -0.266. The van der Waals surface area contributed by atoms with E-state index in [-0.39, 0.29) is 17.9 Å². The van der Waals surface area contributed by atoms with E-state index in [0.717, 1.165) is 28.6 Å². The van der Waals surface area contributed by atoms with Crippen LogP contribution in [-0.4, -0.2) is 17.5 Å². The van der Waals surface area contributed by atoms with Crippen molar-refractivity contribution in [3.63, 3.8) is 0 Å². The molecule has 0 unspecified atom stereocenters. The first-order valence-corrected chi connectivity index (χ1v) is 8.01. The number of urea groups is 1. The molecule has 0 saturated carbocycles. The molecule has 0 aliphatic carbocycles. The number of benzene rings is 2. The van der Waals surface area contributed by atoms with Crippen LogP contribution in [0.2, 0.25) is 0 Å². The fraction of sp³-hybridized carbons (Fsp3) is 0.235. The van der Waals surface area contributed by atoms with E-state index < -0.39 is 0 Å². The minimum Gasteiger partial charge on any atom is -0.317 e. The van der Waals surface area contributed by atoms with Gasteiger partial charge in [0.25, 0.3) is 0 Å². The number of anilines is 1. The predicted molar refractivity (Wildman–Crippen MR) is 88.2 cm³/mol. The van der Waals surface area contributed by atoms with Crippen LogP contribution in [0.5, 0.6) is 0 Å². The number of halogens is 2. The Morgan fingerprint density at radius 3 is 2.73 bits per heavy atom. The molecule has 1 saturated heterocycles. The van der Waals surface area contributed by atoms with Crippen LogP contribution in [0, 0.1) is 5.82 Å². The van der Waals surface area contributed by atoms with Gasteiger partial charge in [0.05, 0.1) is 6.04 Å². The Balaban J connectivity index is 1.75. The second-order valence-electron chi connectivity index (χ2n) is 5.34. The van der Waals surface area contributed by atoms with E-state index in [1.807, 2.05) is 30.3 Å². The maximum atomic E-state index is 13.4. The maximum Gasteiger partial charge on any atom is 0.322 e. The number of rotatable bonds is 2. The van der Waals surface area contributed by atoms with E-state index in [9.17, 15) is 9.18 Å². The van der Waals surface area contributed by atoms with E-state index >= 15 is 0 Å². The van der Waals surface area contributed by atoms with Crippen LogP contribution < -0.4 is 5.32 Å². The van der Waals surface area contributed by atoms with Crippen LogP contribution in [0.1, 0.15) is 24.4 Å². The van der Waals surface area contributed by atoms with Gasteiger partial charge in [0, 0.05) is 16.7 Å². The third kappa shape index (κ3) is 3.30. The predicted octanol–water partition coefficient (Wildman–Crippen LogP) is 4.96. The zero-order valence-corrected chi connectivity index (χ0v) is 13.5. The van der Waals surface area contributed by atoms with Gasteiger partial charge in [0.15, 0.2) is 0 Å². The van der Waals surface area contributed by atoms with Gasteiger partial charge in [0.2, 0.25) is 0 Å². The standard InChI is InChI=1S/C17H16BrFN2O/c18-13-6-8-15(9-7-13)20-17(22)21-10-2-5-16(21)12-3-1-4-14(19)11-12/h1,3-4,6-9,11,16H,2,5,10H2,(H,20,22)/t16-/m0/s1. The summed E-state index contributed by atoms with van der Waals surface area (Å²) in [5.41, 5.74) is 1.60. The number of hydrogen-bond donors (Lipinski definition) is 1. The molecule has 1 atom stereocenters. The van der Waals surface area contributed by atoms with Gasteiger partial charge in [-0.1, -0.05) is 28.1 Å². The molecular formula is C17H16BrFN2O. The van der Waals surface area contributed by atoms with E-state index in [1.54, 1.807) is 11.0 Å². The van der Waals surface area contributed by atoms with Crippen LogP contribution >= 0.6 is 15.9 Å². The summed E-state index contributed by atoms with van der Waals surface area (Å²) in [6.45, 7) is 0.684. The molecule has 0 radical (unpaired) electrons. The van der Waals surface area contributed by atoms with Crippen molar-refractivity contribution in [2.45, 2.75) is 18.9 Å². The normalized spacial score (nSPS) is 17.5. The summed E-state index contributed by atoms with van der Waals surface area (Å²) < 4.78 is 14.4. The highest BCUT2D eigenvalue weighted by atomic mass is 79.9. The molecule has 1 fully saturated rings. The third-order valence-corrected chi connectivity index (χ3v) is 4.37. The highest BCUT2D eigenvalue weighted by Crippen LogP contribution is 2.32. The highest BCUT2D eigenvalue weighted by molar-refractivity contribution is 9.10. The molecule has 2 amide bonds. The molecule has 3 rings (SSSR count). The molecule has 114 valence electrons. The third-order valence-electron chi connectivity index (χ3n) is 3.84. The van der Waals surface area contributed by atoms with Gasteiger partial charge < -0.3 is 10.2 Å². The number of hydrogen-bond acceptors (Lipinski definition) is 1. The Morgan fingerprint density at radius 2 is 2.00 bits per heavy atom. The SMILES string of the molecule is O=C(Nc1ccc(Br)cc1)N1CCC[C@H]1c1cccc(F)c1. The Bertz CT molecular complexity index is 675. The van der Waals surface area contributed by atoms with Crippen LogP contribution in [0.15, 0.2) is 53.0 Å². The van der Waals surface area contributed by atoms with Crippen molar-refractivity contribution < 1.29 is 9.18 Å². The Morgan fingerprint density at radius 1 is 1.23 bits per heavy atom. The number of nitrogens with zero attached hydrogens (tertiary/aromatic N) is 1. The molecule has 0 aromatic heterocycles. The number of likely N-dealkylation sites (tertiary alicyclic amines) is 1. The van der Waals surface area contributed by atoms with Crippen molar-refractivity contribution >= 4 is 27.6 Å². The molecule has 0 spiro atoms. The van der Waals surface area contributed by atoms with E-state index in [0.29, 0.717) is 6.54 Å². The molecule has 5 heteroatoms. The summed E-state index contributed by atoms with van der Waals surface area (Å²) in [6.07, 6.45) is 1.78. The summed E-state index contributed by atoms with van der Waals surface area (Å²) in [5.74, 6) is -0.266. The zero-order chi connectivity index (χ0) is 15.5. The number of amides is 2. The van der Waals surface area contributed by atoms with Gasteiger partial charge in [-0.3, -0.25) is 0 Å². The summed E-state index contributed by atoms with van der Waals surface area (Å²) >= 11 is 3.37. The largest absolute Gasteiger partial charge is 0.322 e. The topological polar surface area (TPSA) is 32.3 Å². The molecule has 22 heavy (non-hydrogen) atoms. The number of carbonyl (C=O) groups excluding carboxylic acids is 1. The lowest BCUT2D eigenvalue weighted by Crippen LogP contribution is -2.34. The summed E-state index contributed by atoms with van der Waals surface area (Å²) in [7, 11) is 0. The molecule has 1 N–H and O–H groups in total. The second kappa shape index (κ2) is 6.48. The van der Waals surface area contributed by atoms with Gasteiger partial charge in [0.1, 0.15) is 5.82 Å². The monoisotopic (exact) mass is 362 g/mol. The molecule has 1 aliphatic heterocycles. The molecular weight excluding hydrogens is 347 g/mol. The van der Waals surface area contributed by atoms with Crippen molar-refractivity contribution in [2.24, 2.45) is 0 Å². The van der Waals surface area contributed by atoms with Gasteiger partial charge in [-0.15, -0.1) is 0 Å². The first-order chi connectivity index (χ1) is 10.6. The first-order valence-electron chi connectivity index (χ1n) is 7.22. The molecule has 1 heterocycles. The minimum absolute atomic E-state index is 0.0638. The quantitative estimate of drug-likeness (QED) is 0.804. The number of carbonyl (C=O) groups is 1. The van der Waals surface area contributed by atoms with Crippen LogP contribution in [0.25, 0.3) is 0 Å². The molecule has 0 bridgehead atoms. The van der Waals surface area contributed by atoms with Crippen LogP contribution in [-0.2, 0) is 0 Å². The van der Waals surface area contributed by atoms with Gasteiger partial charge >= 0.3 is 6.03 Å². The van der Waals surface area contributed by atoms with Crippen LogP contribution in [0.3, 0.4) is 0 Å². The second-order valence-corrected chi connectivity index (χ2v) is 6.26. The van der Waals surface area contributed by atoms with Gasteiger partial charge in [-0.05, 0) is 54.8 Å². The van der Waals surface area contributed by atoms with Gasteiger partial charge in [-0.25, -0.2) is 9.18 Å². The van der Waals surface area contributed by atoms with Crippen molar-refractivity contribution in [2.75, 3.05) is 11.9 Å².